The molecule has 1 saturated heterocycles. The Balaban J connectivity index is 2.62. The van der Waals surface area contributed by atoms with Crippen molar-refractivity contribution in [2.45, 2.75) is 33.1 Å². The molecule has 1 unspecified atom stereocenters. The molecule has 0 aliphatic carbocycles. The second-order valence-corrected chi connectivity index (χ2v) is 5.66. The molecule has 0 saturated carbocycles. The van der Waals surface area contributed by atoms with E-state index in [1.165, 1.54) is 13.8 Å². The van der Waals surface area contributed by atoms with Gasteiger partial charge in [0.2, 0.25) is 11.8 Å². The summed E-state index contributed by atoms with van der Waals surface area (Å²) >= 11 is 0. The Kier molecular flexibility index (Phi) is 4.91. The van der Waals surface area contributed by atoms with E-state index in [-0.39, 0.29) is 24.2 Å². The van der Waals surface area contributed by atoms with Crippen LogP contribution in [0, 0.1) is 11.3 Å². The number of amides is 2. The molecule has 19 heavy (non-hydrogen) atoms. The highest BCUT2D eigenvalue weighted by molar-refractivity contribution is 5.85. The second-order valence-electron chi connectivity index (χ2n) is 5.66. The van der Waals surface area contributed by atoms with Crippen molar-refractivity contribution in [3.63, 3.8) is 0 Å². The predicted molar refractivity (Wildman–Crippen MR) is 69.4 cm³/mol. The molecule has 1 atom stereocenters. The monoisotopic (exact) mass is 270 g/mol. The van der Waals surface area contributed by atoms with Crippen molar-refractivity contribution in [2.24, 2.45) is 11.3 Å². The highest BCUT2D eigenvalue weighted by Gasteiger charge is 2.34. The van der Waals surface area contributed by atoms with Crippen LogP contribution in [0.15, 0.2) is 0 Å². The summed E-state index contributed by atoms with van der Waals surface area (Å²) in [7, 11) is 1.58. The Bertz CT molecular complexity index is 379. The molecule has 0 aromatic rings. The number of carboxylic acids is 1. The van der Waals surface area contributed by atoms with Crippen molar-refractivity contribution < 1.29 is 19.5 Å². The van der Waals surface area contributed by atoms with Crippen molar-refractivity contribution in [3.05, 3.63) is 0 Å². The first kappa shape index (κ1) is 15.5. The van der Waals surface area contributed by atoms with Gasteiger partial charge in [-0.1, -0.05) is 0 Å². The van der Waals surface area contributed by atoms with Gasteiger partial charge in [-0.25, -0.2) is 0 Å². The van der Waals surface area contributed by atoms with Crippen molar-refractivity contribution in [3.8, 4) is 0 Å². The maximum Gasteiger partial charge on any atom is 0.309 e. The third kappa shape index (κ3) is 3.94. The summed E-state index contributed by atoms with van der Waals surface area (Å²) in [6.45, 7) is 4.05. The van der Waals surface area contributed by atoms with E-state index in [0.717, 1.165) is 12.8 Å². The van der Waals surface area contributed by atoms with E-state index in [1.807, 2.05) is 0 Å². The lowest BCUT2D eigenvalue weighted by molar-refractivity contribution is -0.152. The Morgan fingerprint density at radius 2 is 2.00 bits per heavy atom. The SMILES string of the molecule is CNC(=O)C1CCCN(C(=O)CC(C)(C)C(=O)O)C1. The normalized spacial score (nSPS) is 19.9. The first-order chi connectivity index (χ1) is 8.77. The number of aliphatic carboxylic acids is 1. The van der Waals surface area contributed by atoms with Crippen LogP contribution in [0.1, 0.15) is 33.1 Å². The zero-order valence-electron chi connectivity index (χ0n) is 11.7. The van der Waals surface area contributed by atoms with Crippen LogP contribution in [0.5, 0.6) is 0 Å². The lowest BCUT2D eigenvalue weighted by atomic mass is 9.88. The van der Waals surface area contributed by atoms with E-state index in [9.17, 15) is 14.4 Å². The largest absolute Gasteiger partial charge is 0.481 e. The van der Waals surface area contributed by atoms with Gasteiger partial charge in [0, 0.05) is 26.6 Å². The number of nitrogens with zero attached hydrogens (tertiary/aromatic N) is 1. The molecule has 1 fully saturated rings. The van der Waals surface area contributed by atoms with E-state index < -0.39 is 11.4 Å². The maximum atomic E-state index is 12.1. The molecule has 6 nitrogen and oxygen atoms in total. The van der Waals surface area contributed by atoms with Crippen LogP contribution in [-0.4, -0.2) is 47.9 Å². The molecule has 6 heteroatoms. The third-order valence-electron chi connectivity index (χ3n) is 3.56. The summed E-state index contributed by atoms with van der Waals surface area (Å²) in [5.41, 5.74) is -1.07. The number of hydrogen-bond donors (Lipinski definition) is 2. The quantitative estimate of drug-likeness (QED) is 0.777. The average Bonchev–Trinajstić information content (AvgIpc) is 2.37. The Morgan fingerprint density at radius 3 is 2.53 bits per heavy atom. The molecule has 0 bridgehead atoms. The Labute approximate surface area is 113 Å². The minimum atomic E-state index is -1.07. The number of carbonyl (C=O) groups excluding carboxylic acids is 2. The van der Waals surface area contributed by atoms with Gasteiger partial charge >= 0.3 is 5.97 Å². The van der Waals surface area contributed by atoms with E-state index in [4.69, 9.17) is 5.11 Å². The van der Waals surface area contributed by atoms with Gasteiger partial charge in [-0.15, -0.1) is 0 Å². The van der Waals surface area contributed by atoms with Crippen LogP contribution in [0.25, 0.3) is 0 Å². The summed E-state index contributed by atoms with van der Waals surface area (Å²) in [5.74, 6) is -1.42. The molecule has 108 valence electrons. The lowest BCUT2D eigenvalue weighted by Crippen LogP contribution is -2.46. The number of piperidine rings is 1. The number of likely N-dealkylation sites (tertiary alicyclic amines) is 1. The van der Waals surface area contributed by atoms with Crippen molar-refractivity contribution >= 4 is 17.8 Å². The standard InChI is InChI=1S/C13H22N2O4/c1-13(2,12(18)19)7-10(16)15-6-4-5-9(8-15)11(17)14-3/h9H,4-8H2,1-3H3,(H,14,17)(H,18,19). The van der Waals surface area contributed by atoms with Crippen molar-refractivity contribution in [1.82, 2.24) is 10.2 Å². The predicted octanol–water partition coefficient (Wildman–Crippen LogP) is 0.472. The van der Waals surface area contributed by atoms with Crippen LogP contribution in [0.3, 0.4) is 0 Å². The van der Waals surface area contributed by atoms with E-state index in [2.05, 4.69) is 5.32 Å². The molecule has 0 aromatic heterocycles. The summed E-state index contributed by atoms with van der Waals surface area (Å²) in [6, 6.07) is 0. The molecule has 0 radical (unpaired) electrons. The molecule has 2 N–H and O–H groups in total. The Hall–Kier alpha value is -1.59. The van der Waals surface area contributed by atoms with Crippen molar-refractivity contribution in [1.29, 1.82) is 0 Å². The number of rotatable bonds is 4. The minimum Gasteiger partial charge on any atom is -0.481 e. The molecule has 1 rings (SSSR count). The second kappa shape index (κ2) is 6.04. The molecule has 1 aliphatic heterocycles. The van der Waals surface area contributed by atoms with Crippen molar-refractivity contribution in [2.75, 3.05) is 20.1 Å². The van der Waals surface area contributed by atoms with Crippen LogP contribution in [-0.2, 0) is 14.4 Å². The van der Waals surface area contributed by atoms with Gasteiger partial charge in [0.25, 0.3) is 0 Å². The third-order valence-corrected chi connectivity index (χ3v) is 3.56. The van der Waals surface area contributed by atoms with Gasteiger partial charge in [0.1, 0.15) is 0 Å². The summed E-state index contributed by atoms with van der Waals surface area (Å²) < 4.78 is 0. The van der Waals surface area contributed by atoms with Gasteiger partial charge in [0.05, 0.1) is 11.3 Å². The number of nitrogens with one attached hydrogen (secondary N) is 1. The number of hydrogen-bond acceptors (Lipinski definition) is 3. The van der Waals surface area contributed by atoms with E-state index in [1.54, 1.807) is 11.9 Å². The van der Waals surface area contributed by atoms with Crippen LogP contribution in [0.2, 0.25) is 0 Å². The molecule has 1 aliphatic rings. The fourth-order valence-electron chi connectivity index (χ4n) is 2.19. The summed E-state index contributed by atoms with van der Waals surface area (Å²) in [4.78, 5) is 36.3. The summed E-state index contributed by atoms with van der Waals surface area (Å²) in [5, 5.41) is 11.6. The van der Waals surface area contributed by atoms with Gasteiger partial charge < -0.3 is 15.3 Å². The van der Waals surface area contributed by atoms with Crippen LogP contribution in [0.4, 0.5) is 0 Å². The molecule has 2 amide bonds. The lowest BCUT2D eigenvalue weighted by Gasteiger charge is -2.33. The fourth-order valence-corrected chi connectivity index (χ4v) is 2.19. The fraction of sp³-hybridized carbons (Fsp3) is 0.769. The molecule has 0 aromatic carbocycles. The maximum absolute atomic E-state index is 12.1. The zero-order valence-corrected chi connectivity index (χ0v) is 11.7. The Morgan fingerprint density at radius 1 is 1.37 bits per heavy atom. The highest BCUT2D eigenvalue weighted by atomic mass is 16.4. The number of carbonyl (C=O) groups is 3. The van der Waals surface area contributed by atoms with Gasteiger partial charge in [-0.2, -0.15) is 0 Å². The minimum absolute atomic E-state index is 0.0389. The zero-order chi connectivity index (χ0) is 14.6. The molecular weight excluding hydrogens is 248 g/mol. The molecule has 0 spiro atoms. The van der Waals surface area contributed by atoms with E-state index >= 15 is 0 Å². The topological polar surface area (TPSA) is 86.7 Å². The first-order valence-corrected chi connectivity index (χ1v) is 6.50. The van der Waals surface area contributed by atoms with Crippen LogP contribution < -0.4 is 5.32 Å². The van der Waals surface area contributed by atoms with Gasteiger partial charge in [-0.3, -0.25) is 14.4 Å². The van der Waals surface area contributed by atoms with Gasteiger partial charge in [-0.05, 0) is 26.7 Å². The van der Waals surface area contributed by atoms with E-state index in [0.29, 0.717) is 13.1 Å². The molecule has 1 heterocycles. The highest BCUT2D eigenvalue weighted by Crippen LogP contribution is 2.24. The number of carboxylic acid groups (broad SMARTS) is 1. The molecular formula is C13H22N2O4. The van der Waals surface area contributed by atoms with Gasteiger partial charge in [0.15, 0.2) is 0 Å². The smallest absolute Gasteiger partial charge is 0.309 e. The summed E-state index contributed by atoms with van der Waals surface area (Å²) in [6.07, 6.45) is 1.51. The average molecular weight is 270 g/mol. The first-order valence-electron chi connectivity index (χ1n) is 6.50. The van der Waals surface area contributed by atoms with Crippen LogP contribution >= 0.6 is 0 Å².